The molecule has 0 heterocycles. The number of amides is 2. The highest BCUT2D eigenvalue weighted by atomic mass is 16.5. The average Bonchev–Trinajstić information content (AvgIpc) is 2.30. The van der Waals surface area contributed by atoms with E-state index in [2.05, 4.69) is 10.6 Å². The van der Waals surface area contributed by atoms with Crippen molar-refractivity contribution in [3.63, 3.8) is 0 Å². The summed E-state index contributed by atoms with van der Waals surface area (Å²) < 4.78 is 5.40. The number of ether oxygens (including phenoxy) is 1. The second-order valence-corrected chi connectivity index (χ2v) is 3.52. The Labute approximate surface area is 101 Å². The van der Waals surface area contributed by atoms with Gasteiger partial charge >= 0.3 is 6.03 Å². The fraction of sp³-hybridized carbons (Fsp3) is 0.417. The topological polar surface area (TPSA) is 70.6 Å². The van der Waals surface area contributed by atoms with Crippen LogP contribution in [0.3, 0.4) is 0 Å². The maximum Gasteiger partial charge on any atom is 0.319 e. The van der Waals surface area contributed by atoms with Gasteiger partial charge in [0, 0.05) is 12.2 Å². The first-order chi connectivity index (χ1) is 8.17. The predicted octanol–water partition coefficient (Wildman–Crippen LogP) is 1.51. The SMILES string of the molecule is CCOc1ccc(NC(=O)NCCO)cc1C. The normalized spacial score (nSPS) is 9.82. The number of carbonyl (C=O) groups excluding carboxylic acids is 1. The van der Waals surface area contributed by atoms with E-state index in [1.54, 1.807) is 6.07 Å². The number of benzene rings is 1. The van der Waals surface area contributed by atoms with Crippen molar-refractivity contribution < 1.29 is 14.6 Å². The summed E-state index contributed by atoms with van der Waals surface area (Å²) in [6.07, 6.45) is 0. The number of anilines is 1. The van der Waals surface area contributed by atoms with Crippen LogP contribution in [0, 0.1) is 6.92 Å². The molecule has 0 spiro atoms. The Balaban J connectivity index is 2.60. The molecule has 17 heavy (non-hydrogen) atoms. The molecule has 0 aliphatic carbocycles. The van der Waals surface area contributed by atoms with Gasteiger partial charge in [0.15, 0.2) is 0 Å². The van der Waals surface area contributed by atoms with Crippen LogP contribution in [0.4, 0.5) is 10.5 Å². The number of carbonyl (C=O) groups is 1. The molecule has 2 amide bonds. The first kappa shape index (κ1) is 13.3. The summed E-state index contributed by atoms with van der Waals surface area (Å²) in [5, 5.41) is 13.7. The molecule has 1 aromatic carbocycles. The molecular formula is C12H18N2O3. The summed E-state index contributed by atoms with van der Waals surface area (Å²) >= 11 is 0. The molecule has 0 atom stereocenters. The smallest absolute Gasteiger partial charge is 0.319 e. The zero-order chi connectivity index (χ0) is 12.7. The van der Waals surface area contributed by atoms with Crippen LogP contribution in [0.5, 0.6) is 5.75 Å². The van der Waals surface area contributed by atoms with Gasteiger partial charge in [0.1, 0.15) is 5.75 Å². The first-order valence-electron chi connectivity index (χ1n) is 5.56. The van der Waals surface area contributed by atoms with E-state index in [9.17, 15) is 4.79 Å². The molecule has 0 radical (unpaired) electrons. The van der Waals surface area contributed by atoms with E-state index in [-0.39, 0.29) is 19.2 Å². The number of nitrogens with one attached hydrogen (secondary N) is 2. The zero-order valence-electron chi connectivity index (χ0n) is 10.1. The van der Waals surface area contributed by atoms with Gasteiger partial charge in [0.2, 0.25) is 0 Å². The zero-order valence-corrected chi connectivity index (χ0v) is 10.1. The quantitative estimate of drug-likeness (QED) is 0.728. The highest BCUT2D eigenvalue weighted by Crippen LogP contribution is 2.21. The van der Waals surface area contributed by atoms with Gasteiger partial charge in [-0.2, -0.15) is 0 Å². The molecule has 0 bridgehead atoms. The van der Waals surface area contributed by atoms with Gasteiger partial charge in [0.25, 0.3) is 0 Å². The van der Waals surface area contributed by atoms with E-state index in [0.717, 1.165) is 11.3 Å². The van der Waals surface area contributed by atoms with Crippen LogP contribution < -0.4 is 15.4 Å². The third kappa shape index (κ3) is 4.32. The number of hydrogen-bond acceptors (Lipinski definition) is 3. The van der Waals surface area contributed by atoms with Crippen LogP contribution in [-0.2, 0) is 0 Å². The van der Waals surface area contributed by atoms with Gasteiger partial charge in [-0.15, -0.1) is 0 Å². The number of rotatable bonds is 5. The molecule has 1 aromatic rings. The van der Waals surface area contributed by atoms with Crippen molar-refractivity contribution in [2.45, 2.75) is 13.8 Å². The van der Waals surface area contributed by atoms with Crippen LogP contribution in [0.2, 0.25) is 0 Å². The molecule has 0 unspecified atom stereocenters. The summed E-state index contributed by atoms with van der Waals surface area (Å²) in [4.78, 5) is 11.3. The number of urea groups is 1. The minimum atomic E-state index is -0.331. The molecule has 0 aliphatic rings. The van der Waals surface area contributed by atoms with Crippen molar-refractivity contribution >= 4 is 11.7 Å². The highest BCUT2D eigenvalue weighted by molar-refractivity contribution is 5.89. The summed E-state index contributed by atoms with van der Waals surface area (Å²) in [5.74, 6) is 0.814. The largest absolute Gasteiger partial charge is 0.494 e. The van der Waals surface area contributed by atoms with Crippen molar-refractivity contribution in [3.8, 4) is 5.75 Å². The van der Waals surface area contributed by atoms with E-state index in [4.69, 9.17) is 9.84 Å². The van der Waals surface area contributed by atoms with E-state index in [1.165, 1.54) is 0 Å². The monoisotopic (exact) mass is 238 g/mol. The first-order valence-corrected chi connectivity index (χ1v) is 5.56. The lowest BCUT2D eigenvalue weighted by Gasteiger charge is -2.10. The Bertz CT molecular complexity index is 380. The molecule has 0 fully saturated rings. The predicted molar refractivity (Wildman–Crippen MR) is 66.5 cm³/mol. The lowest BCUT2D eigenvalue weighted by Crippen LogP contribution is -2.30. The van der Waals surface area contributed by atoms with Crippen molar-refractivity contribution in [2.75, 3.05) is 25.1 Å². The lowest BCUT2D eigenvalue weighted by molar-refractivity contribution is 0.245. The van der Waals surface area contributed by atoms with Crippen molar-refractivity contribution in [1.29, 1.82) is 0 Å². The number of aliphatic hydroxyl groups is 1. The van der Waals surface area contributed by atoms with Crippen molar-refractivity contribution in [1.82, 2.24) is 5.32 Å². The molecule has 0 saturated carbocycles. The summed E-state index contributed by atoms with van der Waals surface area (Å²) in [6, 6.07) is 5.10. The molecule has 3 N–H and O–H groups in total. The minimum absolute atomic E-state index is 0.0737. The Hall–Kier alpha value is -1.75. The van der Waals surface area contributed by atoms with Crippen LogP contribution in [0.15, 0.2) is 18.2 Å². The average molecular weight is 238 g/mol. The van der Waals surface area contributed by atoms with E-state index >= 15 is 0 Å². The van der Waals surface area contributed by atoms with Gasteiger partial charge in [-0.05, 0) is 37.6 Å². The van der Waals surface area contributed by atoms with Crippen molar-refractivity contribution in [2.24, 2.45) is 0 Å². The minimum Gasteiger partial charge on any atom is -0.494 e. The van der Waals surface area contributed by atoms with Crippen LogP contribution in [-0.4, -0.2) is 30.9 Å². The standard InChI is InChI=1S/C12H18N2O3/c1-3-17-11-5-4-10(8-9(11)2)14-12(16)13-6-7-15/h4-5,8,15H,3,6-7H2,1-2H3,(H2,13,14,16). The van der Waals surface area contributed by atoms with E-state index < -0.39 is 0 Å². The molecule has 1 rings (SSSR count). The van der Waals surface area contributed by atoms with Gasteiger partial charge in [-0.25, -0.2) is 4.79 Å². The van der Waals surface area contributed by atoms with Gasteiger partial charge < -0.3 is 20.5 Å². The van der Waals surface area contributed by atoms with Gasteiger partial charge in [0.05, 0.1) is 13.2 Å². The summed E-state index contributed by atoms with van der Waals surface area (Å²) in [7, 11) is 0. The van der Waals surface area contributed by atoms with Gasteiger partial charge in [-0.1, -0.05) is 0 Å². The second-order valence-electron chi connectivity index (χ2n) is 3.52. The van der Waals surface area contributed by atoms with Crippen molar-refractivity contribution in [3.05, 3.63) is 23.8 Å². The summed E-state index contributed by atoms with van der Waals surface area (Å²) in [6.45, 7) is 4.62. The fourth-order valence-corrected chi connectivity index (χ4v) is 1.39. The molecule has 94 valence electrons. The fourth-order valence-electron chi connectivity index (χ4n) is 1.39. The van der Waals surface area contributed by atoms with Gasteiger partial charge in [-0.3, -0.25) is 0 Å². The maximum atomic E-state index is 11.3. The van der Waals surface area contributed by atoms with E-state index in [0.29, 0.717) is 12.3 Å². The Morgan fingerprint density at radius 3 is 2.82 bits per heavy atom. The number of hydrogen-bond donors (Lipinski definition) is 3. The Morgan fingerprint density at radius 2 is 2.24 bits per heavy atom. The lowest BCUT2D eigenvalue weighted by atomic mass is 10.2. The molecule has 0 saturated heterocycles. The highest BCUT2D eigenvalue weighted by Gasteiger charge is 2.03. The summed E-state index contributed by atoms with van der Waals surface area (Å²) in [5.41, 5.74) is 1.66. The molecule has 0 aliphatic heterocycles. The molecule has 0 aromatic heterocycles. The third-order valence-corrected chi connectivity index (χ3v) is 2.13. The third-order valence-electron chi connectivity index (χ3n) is 2.13. The van der Waals surface area contributed by atoms with Crippen LogP contribution in [0.25, 0.3) is 0 Å². The number of aryl methyl sites for hydroxylation is 1. The maximum absolute atomic E-state index is 11.3. The number of aliphatic hydroxyl groups excluding tert-OH is 1. The van der Waals surface area contributed by atoms with E-state index in [1.807, 2.05) is 26.0 Å². The van der Waals surface area contributed by atoms with Crippen LogP contribution >= 0.6 is 0 Å². The van der Waals surface area contributed by atoms with Crippen LogP contribution in [0.1, 0.15) is 12.5 Å². The Morgan fingerprint density at radius 1 is 1.47 bits per heavy atom. The molecule has 5 heteroatoms. The molecular weight excluding hydrogens is 220 g/mol. The second kappa shape index (κ2) is 6.75. The Kier molecular flexibility index (Phi) is 5.29. The molecule has 5 nitrogen and oxygen atoms in total.